The van der Waals surface area contributed by atoms with Gasteiger partial charge in [0.1, 0.15) is 0 Å². The topological polar surface area (TPSA) is 46.9 Å². The zero-order valence-corrected chi connectivity index (χ0v) is 12.3. The SMILES string of the molecule is O=CNc1ccc(-c2cc(C(F)(F)F)nn2-c2ccccc2)cc1. The van der Waals surface area contributed by atoms with Crippen molar-refractivity contribution in [2.75, 3.05) is 5.32 Å². The molecule has 0 saturated heterocycles. The average molecular weight is 331 g/mol. The van der Waals surface area contributed by atoms with E-state index in [4.69, 9.17) is 0 Å². The van der Waals surface area contributed by atoms with Gasteiger partial charge in [-0.25, -0.2) is 4.68 Å². The van der Waals surface area contributed by atoms with E-state index in [1.165, 1.54) is 4.68 Å². The summed E-state index contributed by atoms with van der Waals surface area (Å²) in [6.07, 6.45) is -4.00. The van der Waals surface area contributed by atoms with Gasteiger partial charge in [-0.15, -0.1) is 0 Å². The third kappa shape index (κ3) is 3.15. The van der Waals surface area contributed by atoms with Crippen LogP contribution in [0.15, 0.2) is 60.7 Å². The molecule has 1 N–H and O–H groups in total. The summed E-state index contributed by atoms with van der Waals surface area (Å²) >= 11 is 0. The third-order valence-corrected chi connectivity index (χ3v) is 3.41. The van der Waals surface area contributed by atoms with Crippen LogP contribution in [-0.2, 0) is 11.0 Å². The summed E-state index contributed by atoms with van der Waals surface area (Å²) in [4.78, 5) is 10.4. The fourth-order valence-corrected chi connectivity index (χ4v) is 2.30. The van der Waals surface area contributed by atoms with Crippen LogP contribution < -0.4 is 5.32 Å². The Balaban J connectivity index is 2.11. The summed E-state index contributed by atoms with van der Waals surface area (Å²) in [7, 11) is 0. The van der Waals surface area contributed by atoms with Crippen LogP contribution in [0.5, 0.6) is 0 Å². The van der Waals surface area contributed by atoms with Gasteiger partial charge in [0.25, 0.3) is 0 Å². The van der Waals surface area contributed by atoms with Gasteiger partial charge in [-0.2, -0.15) is 18.3 Å². The van der Waals surface area contributed by atoms with E-state index in [-0.39, 0.29) is 0 Å². The standard InChI is InChI=1S/C17H12F3N3O/c18-17(19,20)16-10-15(12-6-8-13(9-7-12)21-11-24)23(22-16)14-4-2-1-3-5-14/h1-11H,(H,21,24). The van der Waals surface area contributed by atoms with E-state index in [0.717, 1.165) is 6.07 Å². The Hall–Kier alpha value is -3.09. The molecule has 1 aromatic heterocycles. The summed E-state index contributed by atoms with van der Waals surface area (Å²) in [6, 6.07) is 16.1. The quantitative estimate of drug-likeness (QED) is 0.731. The fourth-order valence-electron chi connectivity index (χ4n) is 2.30. The second-order valence-electron chi connectivity index (χ2n) is 5.00. The molecule has 1 amide bonds. The Labute approximate surface area is 135 Å². The van der Waals surface area contributed by atoms with Crippen molar-refractivity contribution in [1.29, 1.82) is 0 Å². The number of alkyl halides is 3. The lowest BCUT2D eigenvalue weighted by Crippen LogP contribution is -2.07. The maximum Gasteiger partial charge on any atom is 0.435 e. The van der Waals surface area contributed by atoms with Crippen LogP contribution >= 0.6 is 0 Å². The van der Waals surface area contributed by atoms with E-state index in [9.17, 15) is 18.0 Å². The van der Waals surface area contributed by atoms with Crippen LogP contribution in [-0.4, -0.2) is 16.2 Å². The minimum Gasteiger partial charge on any atom is -0.329 e. The van der Waals surface area contributed by atoms with E-state index in [1.54, 1.807) is 54.6 Å². The van der Waals surface area contributed by atoms with Crippen LogP contribution in [0.4, 0.5) is 18.9 Å². The van der Waals surface area contributed by atoms with Gasteiger partial charge in [-0.3, -0.25) is 4.79 Å². The predicted molar refractivity (Wildman–Crippen MR) is 83.7 cm³/mol. The molecule has 122 valence electrons. The van der Waals surface area contributed by atoms with Gasteiger partial charge in [-0.05, 0) is 30.3 Å². The lowest BCUT2D eigenvalue weighted by molar-refractivity contribution is -0.141. The van der Waals surface area contributed by atoms with Gasteiger partial charge >= 0.3 is 6.18 Å². The number of carbonyl (C=O) groups excluding carboxylic acids is 1. The van der Waals surface area contributed by atoms with Gasteiger partial charge in [0.2, 0.25) is 6.41 Å². The molecule has 0 unspecified atom stereocenters. The molecule has 24 heavy (non-hydrogen) atoms. The van der Waals surface area contributed by atoms with E-state index >= 15 is 0 Å². The first-order valence-corrected chi connectivity index (χ1v) is 7.02. The molecule has 0 spiro atoms. The van der Waals surface area contributed by atoms with E-state index in [2.05, 4.69) is 10.4 Å². The molecule has 0 aliphatic heterocycles. The number of nitrogens with one attached hydrogen (secondary N) is 1. The number of hydrogen-bond acceptors (Lipinski definition) is 2. The molecule has 4 nitrogen and oxygen atoms in total. The van der Waals surface area contributed by atoms with Gasteiger partial charge < -0.3 is 5.32 Å². The molecule has 1 heterocycles. The van der Waals surface area contributed by atoms with Crippen LogP contribution in [0, 0.1) is 0 Å². The summed E-state index contributed by atoms with van der Waals surface area (Å²) in [5.41, 5.74) is 0.981. The van der Waals surface area contributed by atoms with Crippen molar-refractivity contribution in [3.8, 4) is 16.9 Å². The highest BCUT2D eigenvalue weighted by atomic mass is 19.4. The Morgan fingerprint density at radius 2 is 1.67 bits per heavy atom. The number of rotatable bonds is 4. The molecule has 0 radical (unpaired) electrons. The molecule has 2 aromatic carbocycles. The van der Waals surface area contributed by atoms with Crippen molar-refractivity contribution in [3.63, 3.8) is 0 Å². The maximum atomic E-state index is 13.1. The monoisotopic (exact) mass is 331 g/mol. The van der Waals surface area contributed by atoms with Crippen molar-refractivity contribution in [3.05, 3.63) is 66.4 Å². The number of aromatic nitrogens is 2. The van der Waals surface area contributed by atoms with Crippen LogP contribution in [0.3, 0.4) is 0 Å². The normalized spacial score (nSPS) is 11.3. The van der Waals surface area contributed by atoms with Crippen molar-refractivity contribution >= 4 is 12.1 Å². The molecule has 3 rings (SSSR count). The molecule has 3 aromatic rings. The molecule has 0 aliphatic carbocycles. The fraction of sp³-hybridized carbons (Fsp3) is 0.0588. The Kier molecular flexibility index (Phi) is 4.07. The number of amides is 1. The number of hydrogen-bond donors (Lipinski definition) is 1. The van der Waals surface area contributed by atoms with Gasteiger partial charge in [0.15, 0.2) is 5.69 Å². The van der Waals surface area contributed by atoms with Gasteiger partial charge in [0.05, 0.1) is 11.4 Å². The Morgan fingerprint density at radius 3 is 2.25 bits per heavy atom. The summed E-state index contributed by atoms with van der Waals surface area (Å²) < 4.78 is 40.4. The Bertz CT molecular complexity index is 840. The highest BCUT2D eigenvalue weighted by Crippen LogP contribution is 2.33. The number of anilines is 1. The van der Waals surface area contributed by atoms with Crippen LogP contribution in [0.2, 0.25) is 0 Å². The molecular weight excluding hydrogens is 319 g/mol. The minimum atomic E-state index is -4.53. The van der Waals surface area contributed by atoms with Crippen molar-refractivity contribution in [2.24, 2.45) is 0 Å². The van der Waals surface area contributed by atoms with Gasteiger partial charge in [0, 0.05) is 11.3 Å². The van der Waals surface area contributed by atoms with Crippen molar-refractivity contribution < 1.29 is 18.0 Å². The van der Waals surface area contributed by atoms with Crippen LogP contribution in [0.25, 0.3) is 16.9 Å². The first-order valence-electron chi connectivity index (χ1n) is 7.02. The van der Waals surface area contributed by atoms with Gasteiger partial charge in [-0.1, -0.05) is 30.3 Å². The number of halogens is 3. The van der Waals surface area contributed by atoms with E-state index in [1.807, 2.05) is 0 Å². The van der Waals surface area contributed by atoms with E-state index < -0.39 is 11.9 Å². The lowest BCUT2D eigenvalue weighted by atomic mass is 10.1. The smallest absolute Gasteiger partial charge is 0.329 e. The van der Waals surface area contributed by atoms with E-state index in [0.29, 0.717) is 29.0 Å². The summed E-state index contributed by atoms with van der Waals surface area (Å²) in [5.74, 6) is 0. The minimum absolute atomic E-state index is 0.311. The predicted octanol–water partition coefficient (Wildman–Crippen LogP) is 4.13. The number of para-hydroxylation sites is 1. The first-order chi connectivity index (χ1) is 11.5. The molecule has 0 bridgehead atoms. The highest BCUT2D eigenvalue weighted by molar-refractivity contribution is 5.73. The first kappa shape index (κ1) is 15.8. The summed E-state index contributed by atoms with van der Waals surface area (Å²) in [5, 5.41) is 6.19. The lowest BCUT2D eigenvalue weighted by Gasteiger charge is -2.08. The second kappa shape index (κ2) is 6.19. The maximum absolute atomic E-state index is 13.1. The zero-order valence-electron chi connectivity index (χ0n) is 12.3. The van der Waals surface area contributed by atoms with Crippen LogP contribution in [0.1, 0.15) is 5.69 Å². The largest absolute Gasteiger partial charge is 0.435 e. The Morgan fingerprint density at radius 1 is 1.00 bits per heavy atom. The highest BCUT2D eigenvalue weighted by Gasteiger charge is 2.35. The molecule has 0 aliphatic rings. The number of carbonyl (C=O) groups is 1. The second-order valence-corrected chi connectivity index (χ2v) is 5.00. The summed E-state index contributed by atoms with van der Waals surface area (Å²) in [6.45, 7) is 0. The van der Waals surface area contributed by atoms with Crippen molar-refractivity contribution in [2.45, 2.75) is 6.18 Å². The average Bonchev–Trinajstić information content (AvgIpc) is 3.02. The third-order valence-electron chi connectivity index (χ3n) is 3.41. The number of benzene rings is 2. The molecule has 7 heteroatoms. The molecule has 0 saturated carbocycles. The molecule has 0 atom stereocenters. The number of nitrogens with zero attached hydrogens (tertiary/aromatic N) is 2. The van der Waals surface area contributed by atoms with Crippen molar-refractivity contribution in [1.82, 2.24) is 9.78 Å². The zero-order chi connectivity index (χ0) is 17.2. The molecule has 0 fully saturated rings. The molecular formula is C17H12F3N3O.